The fourth-order valence-electron chi connectivity index (χ4n) is 4.75. The van der Waals surface area contributed by atoms with Gasteiger partial charge in [0.05, 0.1) is 12.0 Å². The molecule has 4 aromatic rings. The third-order valence-corrected chi connectivity index (χ3v) is 8.38. The average molecular weight is 521 g/mol. The number of halogens is 1. The maximum absolute atomic E-state index is 14.5. The zero-order valence-electron chi connectivity index (χ0n) is 22.0. The highest BCUT2D eigenvalue weighted by atomic mass is 32.1. The molecule has 0 spiro atoms. The van der Waals surface area contributed by atoms with Crippen LogP contribution in [0, 0.1) is 25.6 Å². The van der Waals surface area contributed by atoms with Crippen molar-refractivity contribution in [3.05, 3.63) is 64.7 Å². The zero-order chi connectivity index (χ0) is 26.3. The summed E-state index contributed by atoms with van der Waals surface area (Å²) >= 11 is 1.42. The predicted octanol–water partition coefficient (Wildman–Crippen LogP) is 6.22. The quantitative estimate of drug-likeness (QED) is 0.285. The Hall–Kier alpha value is -3.39. The van der Waals surface area contributed by atoms with E-state index in [0.29, 0.717) is 47.1 Å². The van der Waals surface area contributed by atoms with Crippen LogP contribution in [0.5, 0.6) is 5.75 Å². The summed E-state index contributed by atoms with van der Waals surface area (Å²) < 4.78 is 20.0. The molecule has 0 radical (unpaired) electrons. The van der Waals surface area contributed by atoms with Crippen molar-refractivity contribution in [3.8, 4) is 16.2 Å². The minimum absolute atomic E-state index is 0.0959. The van der Waals surface area contributed by atoms with Crippen LogP contribution in [0.25, 0.3) is 21.3 Å². The van der Waals surface area contributed by atoms with Crippen LogP contribution < -0.4 is 9.64 Å². The summed E-state index contributed by atoms with van der Waals surface area (Å²) in [6, 6.07) is 9.13. The lowest BCUT2D eigenvalue weighted by molar-refractivity contribution is 0.0745. The molecule has 2 aromatic carbocycles. The molecule has 2 aromatic heterocycles. The van der Waals surface area contributed by atoms with Gasteiger partial charge in [-0.15, -0.1) is 0 Å². The second kappa shape index (κ2) is 10.2. The van der Waals surface area contributed by atoms with Gasteiger partial charge in [0.25, 0.3) is 5.91 Å². The van der Waals surface area contributed by atoms with Crippen molar-refractivity contribution in [2.24, 2.45) is 5.92 Å². The van der Waals surface area contributed by atoms with Gasteiger partial charge in [0.15, 0.2) is 5.13 Å². The van der Waals surface area contributed by atoms with E-state index in [1.807, 2.05) is 48.3 Å². The van der Waals surface area contributed by atoms with Crippen LogP contribution in [-0.2, 0) is 6.42 Å². The number of thiazole rings is 1. The van der Waals surface area contributed by atoms with E-state index in [0.717, 1.165) is 45.8 Å². The van der Waals surface area contributed by atoms with Gasteiger partial charge in [-0.2, -0.15) is 0 Å². The summed E-state index contributed by atoms with van der Waals surface area (Å²) in [6.45, 7) is 5.09. The fourth-order valence-corrected chi connectivity index (χ4v) is 5.73. The van der Waals surface area contributed by atoms with Crippen LogP contribution in [0.2, 0.25) is 0 Å². The van der Waals surface area contributed by atoms with Gasteiger partial charge in [-0.3, -0.25) is 4.79 Å². The molecule has 0 aliphatic heterocycles. The van der Waals surface area contributed by atoms with Crippen molar-refractivity contribution in [1.82, 2.24) is 14.9 Å². The standard InChI is InChI=1S/C29H33FN4O2S/c1-17-6-9-20(14-22(17)30)27-26(32-29(37-27)33(3)4)28(35)34(16-19-7-8-19)13-12-21-15-31-23-10-11-24(36-5)18(2)25(21)23/h6,9-11,14-15,19,31H,7-8,12-13,16H2,1-5H3. The summed E-state index contributed by atoms with van der Waals surface area (Å²) in [5, 5.41) is 1.88. The summed E-state index contributed by atoms with van der Waals surface area (Å²) in [5.74, 6) is 1.01. The number of anilines is 1. The monoisotopic (exact) mass is 520 g/mol. The molecule has 0 saturated heterocycles. The number of ether oxygens (including phenoxy) is 1. The number of aryl methyl sites for hydroxylation is 2. The van der Waals surface area contributed by atoms with E-state index in [2.05, 4.69) is 11.9 Å². The number of benzene rings is 2. The number of aromatic nitrogens is 2. The molecular weight excluding hydrogens is 487 g/mol. The second-order valence-corrected chi connectivity index (χ2v) is 11.1. The lowest BCUT2D eigenvalue weighted by atomic mass is 10.0. The largest absolute Gasteiger partial charge is 0.496 e. The molecule has 37 heavy (non-hydrogen) atoms. The molecule has 8 heteroatoms. The number of amides is 1. The van der Waals surface area contributed by atoms with Crippen LogP contribution in [0.1, 0.15) is 40.0 Å². The second-order valence-electron chi connectivity index (χ2n) is 10.1. The summed E-state index contributed by atoms with van der Waals surface area (Å²) in [7, 11) is 5.49. The number of methoxy groups -OCH3 is 1. The first-order chi connectivity index (χ1) is 17.8. The zero-order valence-corrected chi connectivity index (χ0v) is 22.8. The predicted molar refractivity (Wildman–Crippen MR) is 148 cm³/mol. The molecular formula is C29H33FN4O2S. The van der Waals surface area contributed by atoms with Crippen molar-refractivity contribution in [3.63, 3.8) is 0 Å². The number of carbonyl (C=O) groups is 1. The molecule has 1 aliphatic carbocycles. The Balaban J connectivity index is 1.47. The number of aromatic amines is 1. The molecule has 1 amide bonds. The van der Waals surface area contributed by atoms with Crippen LogP contribution in [0.15, 0.2) is 36.5 Å². The number of carbonyl (C=O) groups excluding carboxylic acids is 1. The van der Waals surface area contributed by atoms with Gasteiger partial charge in [-0.05, 0) is 73.9 Å². The first-order valence-corrected chi connectivity index (χ1v) is 13.5. The molecule has 1 fully saturated rings. The van der Waals surface area contributed by atoms with E-state index in [1.54, 1.807) is 20.1 Å². The van der Waals surface area contributed by atoms with Crippen LogP contribution in [0.4, 0.5) is 9.52 Å². The van der Waals surface area contributed by atoms with Gasteiger partial charge in [0.1, 0.15) is 17.3 Å². The van der Waals surface area contributed by atoms with Crippen LogP contribution in [0.3, 0.4) is 0 Å². The van der Waals surface area contributed by atoms with Gasteiger partial charge in [0.2, 0.25) is 0 Å². The Bertz CT molecular complexity index is 1450. The maximum atomic E-state index is 14.5. The number of nitrogens with one attached hydrogen (secondary N) is 1. The highest BCUT2D eigenvalue weighted by Crippen LogP contribution is 2.37. The maximum Gasteiger partial charge on any atom is 0.274 e. The van der Waals surface area contributed by atoms with Crippen molar-refractivity contribution in [2.75, 3.05) is 39.2 Å². The smallest absolute Gasteiger partial charge is 0.274 e. The summed E-state index contributed by atoms with van der Waals surface area (Å²) in [4.78, 5) is 26.6. The van der Waals surface area contributed by atoms with Gasteiger partial charge < -0.3 is 19.5 Å². The van der Waals surface area contributed by atoms with E-state index in [9.17, 15) is 9.18 Å². The molecule has 6 nitrogen and oxygen atoms in total. The normalized spacial score (nSPS) is 13.2. The van der Waals surface area contributed by atoms with Crippen molar-refractivity contribution < 1.29 is 13.9 Å². The minimum atomic E-state index is -0.282. The number of hydrogen-bond acceptors (Lipinski definition) is 5. The summed E-state index contributed by atoms with van der Waals surface area (Å²) in [6.07, 6.45) is 5.03. The molecule has 2 heterocycles. The Morgan fingerprint density at radius 2 is 2.00 bits per heavy atom. The molecule has 1 saturated carbocycles. The third-order valence-electron chi connectivity index (χ3n) is 7.11. The number of rotatable bonds is 9. The minimum Gasteiger partial charge on any atom is -0.496 e. The molecule has 0 unspecified atom stereocenters. The Morgan fingerprint density at radius 1 is 1.22 bits per heavy atom. The van der Waals surface area contributed by atoms with E-state index < -0.39 is 0 Å². The van der Waals surface area contributed by atoms with Gasteiger partial charge in [-0.25, -0.2) is 9.37 Å². The van der Waals surface area contributed by atoms with Gasteiger partial charge in [0, 0.05) is 49.8 Å². The van der Waals surface area contributed by atoms with E-state index >= 15 is 0 Å². The lowest BCUT2D eigenvalue weighted by Crippen LogP contribution is -2.35. The first-order valence-electron chi connectivity index (χ1n) is 12.6. The number of fused-ring (bicyclic) bond motifs is 1. The van der Waals surface area contributed by atoms with Crippen LogP contribution >= 0.6 is 11.3 Å². The SMILES string of the molecule is COc1ccc2[nH]cc(CCN(CC3CC3)C(=O)c3nc(N(C)C)sc3-c3ccc(C)c(F)c3)c2c1C. The average Bonchev–Trinajstić information content (AvgIpc) is 3.42. The first kappa shape index (κ1) is 25.3. The summed E-state index contributed by atoms with van der Waals surface area (Å²) in [5.41, 5.74) is 4.97. The molecule has 1 aliphatic rings. The van der Waals surface area contributed by atoms with Crippen LogP contribution in [-0.4, -0.2) is 55.1 Å². The van der Waals surface area contributed by atoms with Crippen molar-refractivity contribution >= 4 is 33.3 Å². The highest BCUT2D eigenvalue weighted by molar-refractivity contribution is 7.19. The van der Waals surface area contributed by atoms with Gasteiger partial charge in [-0.1, -0.05) is 23.5 Å². The Kier molecular flexibility index (Phi) is 6.94. The van der Waals surface area contributed by atoms with Crippen molar-refractivity contribution in [1.29, 1.82) is 0 Å². The van der Waals surface area contributed by atoms with Gasteiger partial charge >= 0.3 is 0 Å². The Morgan fingerprint density at radius 3 is 2.68 bits per heavy atom. The molecule has 0 atom stereocenters. The fraction of sp³-hybridized carbons (Fsp3) is 0.379. The number of nitrogens with zero attached hydrogens (tertiary/aromatic N) is 3. The molecule has 1 N–H and O–H groups in total. The molecule has 194 valence electrons. The number of H-pyrrole nitrogens is 1. The van der Waals surface area contributed by atoms with E-state index in [1.165, 1.54) is 17.4 Å². The Labute approximate surface area is 221 Å². The third kappa shape index (κ3) is 5.07. The van der Waals surface area contributed by atoms with E-state index in [-0.39, 0.29) is 11.7 Å². The highest BCUT2D eigenvalue weighted by Gasteiger charge is 2.31. The molecule has 0 bridgehead atoms. The molecule has 5 rings (SSSR count). The van der Waals surface area contributed by atoms with E-state index in [4.69, 9.17) is 9.72 Å². The number of hydrogen-bond donors (Lipinski definition) is 1. The lowest BCUT2D eigenvalue weighted by Gasteiger charge is -2.22. The topological polar surface area (TPSA) is 61.5 Å². The van der Waals surface area contributed by atoms with Crippen molar-refractivity contribution in [2.45, 2.75) is 33.1 Å².